The van der Waals surface area contributed by atoms with Crippen molar-refractivity contribution in [3.63, 3.8) is 0 Å². The Bertz CT molecular complexity index is 557. The van der Waals surface area contributed by atoms with Gasteiger partial charge in [-0.25, -0.2) is 4.79 Å². The molecule has 1 fully saturated rings. The maximum atomic E-state index is 11.6. The number of hydrogen-bond donors (Lipinski definition) is 2. The molecule has 5 heteroatoms. The van der Waals surface area contributed by atoms with Crippen molar-refractivity contribution in [3.05, 3.63) is 33.8 Å². The fourth-order valence-electron chi connectivity index (χ4n) is 3.27. The van der Waals surface area contributed by atoms with Crippen molar-refractivity contribution in [2.45, 2.75) is 30.7 Å². The molecule has 1 spiro atoms. The molecule has 1 aromatic rings. The molecule has 4 nitrogen and oxygen atoms in total. The molecule has 0 aromatic heterocycles. The van der Waals surface area contributed by atoms with Crippen LogP contribution in [-0.2, 0) is 21.4 Å². The molecule has 18 heavy (non-hydrogen) atoms. The Balaban J connectivity index is 2.13. The minimum Gasteiger partial charge on any atom is -0.480 e. The van der Waals surface area contributed by atoms with Gasteiger partial charge in [0.05, 0.1) is 0 Å². The van der Waals surface area contributed by atoms with Crippen molar-refractivity contribution in [3.8, 4) is 0 Å². The van der Waals surface area contributed by atoms with Gasteiger partial charge in [0.2, 0.25) is 5.91 Å². The number of nitrogens with one attached hydrogen (secondary N) is 1. The van der Waals surface area contributed by atoms with E-state index in [4.69, 9.17) is 0 Å². The van der Waals surface area contributed by atoms with Crippen LogP contribution in [0.25, 0.3) is 0 Å². The van der Waals surface area contributed by atoms with E-state index in [2.05, 4.69) is 21.2 Å². The summed E-state index contributed by atoms with van der Waals surface area (Å²) in [5.74, 6) is -1.12. The summed E-state index contributed by atoms with van der Waals surface area (Å²) in [5.41, 5.74) is 1.60. The molecular formula is C13H12BrNO3. The predicted octanol–water partition coefficient (Wildman–Crippen LogP) is 1.61. The smallest absolute Gasteiger partial charge is 0.327 e. The first-order valence-electron chi connectivity index (χ1n) is 5.84. The van der Waals surface area contributed by atoms with Gasteiger partial charge in [-0.15, -0.1) is 0 Å². The van der Waals surface area contributed by atoms with E-state index >= 15 is 0 Å². The van der Waals surface area contributed by atoms with Gasteiger partial charge in [-0.2, -0.15) is 0 Å². The number of benzene rings is 1. The van der Waals surface area contributed by atoms with E-state index in [0.29, 0.717) is 6.42 Å². The number of aliphatic carboxylic acids is 1. The van der Waals surface area contributed by atoms with Gasteiger partial charge < -0.3 is 10.4 Å². The molecule has 1 saturated heterocycles. The SMILES string of the molecule is O=C1CC2(CCc3cc(Br)ccc32)C(C(=O)O)N1. The van der Waals surface area contributed by atoms with Gasteiger partial charge in [0.15, 0.2) is 0 Å². The van der Waals surface area contributed by atoms with Crippen LogP contribution in [0.5, 0.6) is 0 Å². The number of rotatable bonds is 1. The second-order valence-electron chi connectivity index (χ2n) is 4.97. The third-order valence-electron chi connectivity index (χ3n) is 4.03. The molecular weight excluding hydrogens is 298 g/mol. The van der Waals surface area contributed by atoms with Crippen LogP contribution in [0.2, 0.25) is 0 Å². The number of fused-ring (bicyclic) bond motifs is 2. The normalized spacial score (nSPS) is 29.4. The number of aryl methyl sites for hydroxylation is 1. The lowest BCUT2D eigenvalue weighted by molar-refractivity contribution is -0.141. The highest BCUT2D eigenvalue weighted by atomic mass is 79.9. The molecule has 1 aromatic carbocycles. The van der Waals surface area contributed by atoms with E-state index in [0.717, 1.165) is 22.0 Å². The van der Waals surface area contributed by atoms with Gasteiger partial charge >= 0.3 is 5.97 Å². The topological polar surface area (TPSA) is 66.4 Å². The summed E-state index contributed by atoms with van der Waals surface area (Å²) in [6.07, 6.45) is 1.82. The Hall–Kier alpha value is -1.36. The van der Waals surface area contributed by atoms with Crippen LogP contribution in [0, 0.1) is 0 Å². The quantitative estimate of drug-likeness (QED) is 0.828. The summed E-state index contributed by atoms with van der Waals surface area (Å²) < 4.78 is 0.988. The number of carbonyl (C=O) groups is 2. The number of halogens is 1. The number of carboxylic acid groups (broad SMARTS) is 1. The molecule has 1 amide bonds. The van der Waals surface area contributed by atoms with E-state index < -0.39 is 17.4 Å². The van der Waals surface area contributed by atoms with Crippen LogP contribution >= 0.6 is 15.9 Å². The lowest BCUT2D eigenvalue weighted by Gasteiger charge is -2.28. The zero-order chi connectivity index (χ0) is 12.9. The highest BCUT2D eigenvalue weighted by Crippen LogP contribution is 2.47. The molecule has 94 valence electrons. The summed E-state index contributed by atoms with van der Waals surface area (Å²) in [6.45, 7) is 0. The molecule has 2 unspecified atom stereocenters. The summed E-state index contributed by atoms with van der Waals surface area (Å²) in [7, 11) is 0. The standard InChI is InChI=1S/C13H12BrNO3/c14-8-1-2-9-7(5-8)3-4-13(9)6-10(16)15-11(13)12(17)18/h1-2,5,11H,3-4,6H2,(H,15,16)(H,17,18). The molecule has 0 saturated carbocycles. The molecule has 2 atom stereocenters. The molecule has 2 aliphatic rings. The molecule has 0 radical (unpaired) electrons. The van der Waals surface area contributed by atoms with Crippen molar-refractivity contribution in [1.82, 2.24) is 5.32 Å². The fourth-order valence-corrected chi connectivity index (χ4v) is 3.68. The third kappa shape index (κ3) is 1.50. The highest BCUT2D eigenvalue weighted by molar-refractivity contribution is 9.10. The van der Waals surface area contributed by atoms with Gasteiger partial charge in [0.1, 0.15) is 6.04 Å². The van der Waals surface area contributed by atoms with Crippen LogP contribution in [-0.4, -0.2) is 23.0 Å². The summed E-state index contributed by atoms with van der Waals surface area (Å²) in [5, 5.41) is 11.9. The first-order chi connectivity index (χ1) is 8.53. The van der Waals surface area contributed by atoms with Gasteiger partial charge in [0, 0.05) is 16.3 Å². The number of carboxylic acids is 1. The maximum absolute atomic E-state index is 11.6. The van der Waals surface area contributed by atoms with Crippen LogP contribution in [0.4, 0.5) is 0 Å². The largest absolute Gasteiger partial charge is 0.480 e. The van der Waals surface area contributed by atoms with E-state index in [1.165, 1.54) is 0 Å². The van der Waals surface area contributed by atoms with Crippen LogP contribution in [0.3, 0.4) is 0 Å². The molecule has 1 aliphatic heterocycles. The van der Waals surface area contributed by atoms with Crippen molar-refractivity contribution in [2.24, 2.45) is 0 Å². The van der Waals surface area contributed by atoms with E-state index in [1.807, 2.05) is 18.2 Å². The summed E-state index contributed by atoms with van der Waals surface area (Å²) in [4.78, 5) is 23.0. The lowest BCUT2D eigenvalue weighted by atomic mass is 9.75. The minimum absolute atomic E-state index is 0.168. The average Bonchev–Trinajstić information content (AvgIpc) is 2.81. The van der Waals surface area contributed by atoms with Crippen LogP contribution in [0.1, 0.15) is 24.0 Å². The summed E-state index contributed by atoms with van der Waals surface area (Å²) in [6, 6.07) is 5.08. The van der Waals surface area contributed by atoms with Gasteiger partial charge in [-0.05, 0) is 36.1 Å². The van der Waals surface area contributed by atoms with Gasteiger partial charge in [0.25, 0.3) is 0 Å². The average molecular weight is 310 g/mol. The second kappa shape index (κ2) is 3.82. The van der Waals surface area contributed by atoms with E-state index in [-0.39, 0.29) is 12.3 Å². The minimum atomic E-state index is -0.948. The summed E-state index contributed by atoms with van der Waals surface area (Å²) >= 11 is 3.42. The molecule has 2 N–H and O–H groups in total. The van der Waals surface area contributed by atoms with E-state index in [1.54, 1.807) is 0 Å². The maximum Gasteiger partial charge on any atom is 0.327 e. The van der Waals surface area contributed by atoms with Crippen molar-refractivity contribution in [2.75, 3.05) is 0 Å². The zero-order valence-corrected chi connectivity index (χ0v) is 11.2. The number of carbonyl (C=O) groups excluding carboxylic acids is 1. The van der Waals surface area contributed by atoms with Crippen LogP contribution in [0.15, 0.2) is 22.7 Å². The molecule has 0 bridgehead atoms. The molecule has 1 heterocycles. The molecule has 1 aliphatic carbocycles. The lowest BCUT2D eigenvalue weighted by Crippen LogP contribution is -2.45. The van der Waals surface area contributed by atoms with Crippen molar-refractivity contribution in [1.29, 1.82) is 0 Å². The number of hydrogen-bond acceptors (Lipinski definition) is 2. The zero-order valence-electron chi connectivity index (χ0n) is 9.57. The monoisotopic (exact) mass is 309 g/mol. The highest BCUT2D eigenvalue weighted by Gasteiger charge is 2.54. The fraction of sp³-hybridized carbons (Fsp3) is 0.385. The Labute approximate surface area is 113 Å². The van der Waals surface area contributed by atoms with Gasteiger partial charge in [-0.3, -0.25) is 4.79 Å². The molecule has 3 rings (SSSR count). The third-order valence-corrected chi connectivity index (χ3v) is 4.52. The van der Waals surface area contributed by atoms with Crippen molar-refractivity contribution >= 4 is 27.8 Å². The predicted molar refractivity (Wildman–Crippen MR) is 68.3 cm³/mol. The Morgan fingerprint density at radius 2 is 2.28 bits per heavy atom. The van der Waals surface area contributed by atoms with Crippen LogP contribution < -0.4 is 5.32 Å². The van der Waals surface area contributed by atoms with E-state index in [9.17, 15) is 14.7 Å². The van der Waals surface area contributed by atoms with Gasteiger partial charge in [-0.1, -0.05) is 22.0 Å². The Kier molecular flexibility index (Phi) is 2.48. The van der Waals surface area contributed by atoms with Crippen molar-refractivity contribution < 1.29 is 14.7 Å². The Morgan fingerprint density at radius 1 is 1.50 bits per heavy atom. The second-order valence-corrected chi connectivity index (χ2v) is 5.89. The number of amides is 1. The first-order valence-corrected chi connectivity index (χ1v) is 6.63. The first kappa shape index (κ1) is 11.7. The Morgan fingerprint density at radius 3 is 3.00 bits per heavy atom.